The van der Waals surface area contributed by atoms with Gasteiger partial charge in [0.05, 0.1) is 29.3 Å². The molecule has 6 rings (SSSR count). The quantitative estimate of drug-likeness (QED) is 0.285. The van der Waals surface area contributed by atoms with Crippen LogP contribution in [0.15, 0.2) is 75.9 Å². The first-order valence-electron chi connectivity index (χ1n) is 12.5. The number of hydrogen-bond donors (Lipinski definition) is 1. The lowest BCUT2D eigenvalue weighted by Gasteiger charge is -2.29. The fraction of sp³-hybridized carbons (Fsp3) is 0.214. The summed E-state index contributed by atoms with van der Waals surface area (Å²) in [5.41, 5.74) is -1.14. The number of ether oxygens (including phenoxy) is 1. The van der Waals surface area contributed by atoms with Gasteiger partial charge in [-0.2, -0.15) is 13.2 Å². The van der Waals surface area contributed by atoms with E-state index in [1.54, 1.807) is 41.8 Å². The van der Waals surface area contributed by atoms with Crippen LogP contribution in [-0.2, 0) is 27.1 Å². The van der Waals surface area contributed by atoms with Crippen LogP contribution in [0.25, 0.3) is 0 Å². The maximum Gasteiger partial charge on any atom is 0.418 e. The van der Waals surface area contributed by atoms with Gasteiger partial charge in [-0.25, -0.2) is 4.90 Å². The molecule has 14 heteroatoms. The van der Waals surface area contributed by atoms with E-state index in [1.165, 1.54) is 35.1 Å². The maximum atomic E-state index is 13.9. The lowest BCUT2D eigenvalue weighted by atomic mass is 9.87. The normalized spacial score (nSPS) is 19.9. The molecular weight excluding hydrogens is 612 g/mol. The smallest absolute Gasteiger partial charge is 0.418 e. The number of methoxy groups -OCH3 is 1. The van der Waals surface area contributed by atoms with Gasteiger partial charge in [0, 0.05) is 21.4 Å². The number of halogens is 3. The first-order valence-corrected chi connectivity index (χ1v) is 15.1. The summed E-state index contributed by atoms with van der Waals surface area (Å²) in [6.45, 7) is -0.360. The van der Waals surface area contributed by atoms with Crippen LogP contribution < -0.4 is 19.8 Å². The van der Waals surface area contributed by atoms with Crippen molar-refractivity contribution < 1.29 is 32.3 Å². The number of aromatic nitrogens is 1. The van der Waals surface area contributed by atoms with E-state index in [4.69, 9.17) is 4.74 Å². The van der Waals surface area contributed by atoms with Gasteiger partial charge in [-0.1, -0.05) is 41.3 Å². The standard InChI is InChI=1S/C28H20F3N3O5S3/c1-39-15-10-8-14(9-11-15)32-19(35)13-33-26-23(42-27(33)38)20(18-7-4-12-40-18)21-22(41-26)25(37)34(24(21)36)17-6-3-2-5-16(17)28(29,30)31/h2-12,20-22H,13H2,1H3,(H,32,35)/t20-,21?,22?/m1/s1. The predicted octanol–water partition coefficient (Wildman–Crippen LogP) is 5.43. The van der Waals surface area contributed by atoms with Gasteiger partial charge in [0.2, 0.25) is 17.7 Å². The Morgan fingerprint density at radius 2 is 1.74 bits per heavy atom. The highest BCUT2D eigenvalue weighted by Crippen LogP contribution is 2.55. The van der Waals surface area contributed by atoms with Gasteiger partial charge in [-0.15, -0.1) is 11.3 Å². The molecule has 2 aliphatic rings. The Balaban J connectivity index is 1.38. The maximum absolute atomic E-state index is 13.9. The van der Waals surface area contributed by atoms with Gasteiger partial charge in [0.1, 0.15) is 17.5 Å². The Morgan fingerprint density at radius 3 is 2.40 bits per heavy atom. The molecule has 3 atom stereocenters. The number of rotatable bonds is 6. The average molecular weight is 632 g/mol. The zero-order chi connectivity index (χ0) is 29.8. The summed E-state index contributed by atoms with van der Waals surface area (Å²) in [4.78, 5) is 55.1. The van der Waals surface area contributed by atoms with Crippen molar-refractivity contribution >= 4 is 63.5 Å². The SMILES string of the molecule is COc1ccc(NC(=O)Cn2c3c(sc2=O)[C@H](c2cccs2)C2C(=O)N(c4ccccc4C(F)(F)F)C(=O)C2S3)cc1. The highest BCUT2D eigenvalue weighted by molar-refractivity contribution is 8.00. The number of imide groups is 1. The van der Waals surface area contributed by atoms with Crippen molar-refractivity contribution in [1.29, 1.82) is 0 Å². The minimum Gasteiger partial charge on any atom is -0.497 e. The Hall–Kier alpha value is -3.88. The second-order valence-corrected chi connectivity index (χ2v) is 12.6. The Labute approximate surface area is 248 Å². The van der Waals surface area contributed by atoms with Crippen molar-refractivity contribution in [1.82, 2.24) is 4.57 Å². The molecule has 1 fully saturated rings. The lowest BCUT2D eigenvalue weighted by molar-refractivity contribution is -0.137. The molecule has 0 aliphatic carbocycles. The molecule has 0 bridgehead atoms. The number of anilines is 2. The summed E-state index contributed by atoms with van der Waals surface area (Å²) in [5.74, 6) is -3.23. The van der Waals surface area contributed by atoms with Gasteiger partial charge >= 0.3 is 11.0 Å². The van der Waals surface area contributed by atoms with Crippen LogP contribution in [0.1, 0.15) is 21.2 Å². The van der Waals surface area contributed by atoms with E-state index in [-0.39, 0.29) is 6.54 Å². The molecule has 2 unspecified atom stereocenters. The lowest BCUT2D eigenvalue weighted by Crippen LogP contribution is -2.33. The third-order valence-corrected chi connectivity index (χ3v) is 10.6. The Kier molecular flexibility index (Phi) is 7.23. The fourth-order valence-electron chi connectivity index (χ4n) is 5.19. The number of amides is 3. The number of hydrogen-bond acceptors (Lipinski definition) is 8. The molecule has 0 spiro atoms. The topological polar surface area (TPSA) is 97.7 Å². The Bertz CT molecular complexity index is 1750. The summed E-state index contributed by atoms with van der Waals surface area (Å²) in [5, 5.41) is 3.76. The second kappa shape index (κ2) is 10.7. The van der Waals surface area contributed by atoms with Crippen LogP contribution in [0.2, 0.25) is 0 Å². The van der Waals surface area contributed by atoms with E-state index in [0.29, 0.717) is 31.1 Å². The molecule has 2 aliphatic heterocycles. The monoisotopic (exact) mass is 631 g/mol. The van der Waals surface area contributed by atoms with E-state index < -0.39 is 57.1 Å². The van der Waals surface area contributed by atoms with Gasteiger partial charge in [0.15, 0.2) is 0 Å². The Morgan fingerprint density at radius 1 is 1.00 bits per heavy atom. The van der Waals surface area contributed by atoms with Crippen LogP contribution >= 0.6 is 34.4 Å². The first kappa shape index (κ1) is 28.2. The van der Waals surface area contributed by atoms with Crippen LogP contribution in [0, 0.1) is 5.92 Å². The molecule has 3 amide bonds. The minimum absolute atomic E-state index is 0.349. The van der Waals surface area contributed by atoms with Crippen molar-refractivity contribution in [2.75, 3.05) is 17.3 Å². The van der Waals surface area contributed by atoms with E-state index in [0.717, 1.165) is 35.2 Å². The number of thiazole rings is 1. The molecule has 8 nitrogen and oxygen atoms in total. The first-order chi connectivity index (χ1) is 20.1. The van der Waals surface area contributed by atoms with Crippen molar-refractivity contribution in [2.24, 2.45) is 5.92 Å². The molecule has 42 heavy (non-hydrogen) atoms. The van der Waals surface area contributed by atoms with Crippen LogP contribution in [0.3, 0.4) is 0 Å². The number of carbonyl (C=O) groups is 3. The van der Waals surface area contributed by atoms with Gasteiger partial charge in [-0.05, 0) is 47.8 Å². The average Bonchev–Trinajstić information content (AvgIpc) is 3.66. The molecule has 0 saturated carbocycles. The molecule has 1 N–H and O–H groups in total. The third-order valence-electron chi connectivity index (χ3n) is 7.02. The minimum atomic E-state index is -4.79. The van der Waals surface area contributed by atoms with E-state index >= 15 is 0 Å². The van der Waals surface area contributed by atoms with Gasteiger partial charge in [0.25, 0.3) is 0 Å². The second-order valence-electron chi connectivity index (χ2n) is 9.48. The largest absolute Gasteiger partial charge is 0.497 e. The van der Waals surface area contributed by atoms with Crippen LogP contribution in [0.4, 0.5) is 24.5 Å². The molecule has 0 radical (unpaired) electrons. The van der Waals surface area contributed by atoms with E-state index in [9.17, 15) is 32.3 Å². The number of nitrogens with zero attached hydrogens (tertiary/aromatic N) is 2. The zero-order valence-corrected chi connectivity index (χ0v) is 24.0. The summed E-state index contributed by atoms with van der Waals surface area (Å²) < 4.78 is 48.0. The van der Waals surface area contributed by atoms with E-state index in [2.05, 4.69) is 5.32 Å². The highest BCUT2D eigenvalue weighted by Gasteiger charge is 2.58. The van der Waals surface area contributed by atoms with Crippen molar-refractivity contribution in [3.8, 4) is 5.75 Å². The molecule has 2 aromatic carbocycles. The van der Waals surface area contributed by atoms with Crippen molar-refractivity contribution in [3.63, 3.8) is 0 Å². The zero-order valence-electron chi connectivity index (χ0n) is 21.6. The number of carbonyl (C=O) groups excluding carboxylic acids is 3. The molecular formula is C28H20F3N3O5S3. The fourth-order valence-corrected chi connectivity index (χ4v) is 8.92. The molecule has 4 heterocycles. The molecule has 216 valence electrons. The van der Waals surface area contributed by atoms with E-state index in [1.807, 2.05) is 0 Å². The molecule has 2 aromatic heterocycles. The highest BCUT2D eigenvalue weighted by atomic mass is 32.2. The third kappa shape index (κ3) is 4.82. The molecule has 4 aromatic rings. The van der Waals surface area contributed by atoms with Crippen LogP contribution in [-0.4, -0.2) is 34.6 Å². The summed E-state index contributed by atoms with van der Waals surface area (Å²) in [6, 6.07) is 14.6. The number of thiophene rings is 1. The number of thioether (sulfide) groups is 1. The molecule has 1 saturated heterocycles. The number of benzene rings is 2. The number of para-hydroxylation sites is 1. The summed E-state index contributed by atoms with van der Waals surface area (Å²) in [6.07, 6.45) is -4.79. The van der Waals surface area contributed by atoms with Crippen molar-refractivity contribution in [3.05, 3.63) is 91.0 Å². The summed E-state index contributed by atoms with van der Waals surface area (Å²) >= 11 is 3.13. The van der Waals surface area contributed by atoms with Gasteiger partial charge in [-0.3, -0.25) is 23.7 Å². The number of alkyl halides is 3. The summed E-state index contributed by atoms with van der Waals surface area (Å²) in [7, 11) is 1.52. The van der Waals surface area contributed by atoms with Crippen molar-refractivity contribution in [2.45, 2.75) is 28.9 Å². The number of nitrogens with one attached hydrogen (secondary N) is 1. The predicted molar refractivity (Wildman–Crippen MR) is 153 cm³/mol. The van der Waals surface area contributed by atoms with Gasteiger partial charge < -0.3 is 10.1 Å². The number of fused-ring (bicyclic) bond motifs is 2. The van der Waals surface area contributed by atoms with Crippen LogP contribution in [0.5, 0.6) is 5.75 Å².